The molecule has 2 aromatic carbocycles. The van der Waals surface area contributed by atoms with Crippen molar-refractivity contribution < 1.29 is 4.74 Å². The number of ether oxygens (including phenoxy) is 1. The van der Waals surface area contributed by atoms with Gasteiger partial charge in [-0.3, -0.25) is 0 Å². The van der Waals surface area contributed by atoms with Crippen LogP contribution in [0.4, 0.5) is 0 Å². The molecule has 16 heavy (non-hydrogen) atoms. The van der Waals surface area contributed by atoms with Crippen LogP contribution in [0.2, 0.25) is 0 Å². The van der Waals surface area contributed by atoms with Gasteiger partial charge in [0.2, 0.25) is 0 Å². The Morgan fingerprint density at radius 1 is 1.12 bits per heavy atom. The molecular formula is C14H13OS. The van der Waals surface area contributed by atoms with Crippen LogP contribution in [0, 0.1) is 6.07 Å². The summed E-state index contributed by atoms with van der Waals surface area (Å²) < 4.78 is 5.56. The van der Waals surface area contributed by atoms with E-state index < -0.39 is 0 Å². The highest BCUT2D eigenvalue weighted by Gasteiger charge is 2.04. The average Bonchev–Trinajstić information content (AvgIpc) is 2.33. The lowest BCUT2D eigenvalue weighted by Gasteiger charge is -2.08. The van der Waals surface area contributed by atoms with Crippen molar-refractivity contribution in [2.75, 3.05) is 6.61 Å². The Labute approximate surface area is 100 Å². The van der Waals surface area contributed by atoms with Gasteiger partial charge in [0.15, 0.2) is 0 Å². The summed E-state index contributed by atoms with van der Waals surface area (Å²) in [7, 11) is 0. The molecule has 0 bridgehead atoms. The molecule has 0 saturated heterocycles. The Hall–Kier alpha value is -1.41. The molecule has 2 rings (SSSR count). The third-order valence-electron chi connectivity index (χ3n) is 2.05. The maximum absolute atomic E-state index is 5.56. The molecule has 0 heterocycles. The van der Waals surface area contributed by atoms with Crippen LogP contribution in [0.3, 0.4) is 0 Å². The highest BCUT2D eigenvalue weighted by molar-refractivity contribution is 7.99. The van der Waals surface area contributed by atoms with Gasteiger partial charge in [0.1, 0.15) is 5.75 Å². The summed E-state index contributed by atoms with van der Waals surface area (Å²) in [5.41, 5.74) is 0. The number of rotatable bonds is 4. The summed E-state index contributed by atoms with van der Waals surface area (Å²) in [4.78, 5) is 2.24. The Bertz CT molecular complexity index is 439. The van der Waals surface area contributed by atoms with Crippen molar-refractivity contribution in [1.29, 1.82) is 0 Å². The smallest absolute Gasteiger partial charge is 0.133 e. The van der Waals surface area contributed by atoms with Gasteiger partial charge >= 0.3 is 0 Å². The fourth-order valence-corrected chi connectivity index (χ4v) is 2.24. The minimum absolute atomic E-state index is 0.681. The standard InChI is InChI=1S/C14H13OS/c1-2-15-13-10-6-7-11-14(13)16-12-8-4-3-5-9-12/h3-10H,2H2,1H3. The number of hydrogen-bond acceptors (Lipinski definition) is 2. The minimum atomic E-state index is 0.681. The average molecular weight is 229 g/mol. The van der Waals surface area contributed by atoms with Gasteiger partial charge in [-0.2, -0.15) is 0 Å². The van der Waals surface area contributed by atoms with E-state index in [1.165, 1.54) is 4.90 Å². The van der Waals surface area contributed by atoms with E-state index in [0.29, 0.717) is 6.61 Å². The van der Waals surface area contributed by atoms with E-state index in [4.69, 9.17) is 4.74 Å². The van der Waals surface area contributed by atoms with Crippen LogP contribution in [-0.2, 0) is 0 Å². The molecule has 1 radical (unpaired) electrons. The van der Waals surface area contributed by atoms with Crippen molar-refractivity contribution in [3.63, 3.8) is 0 Å². The van der Waals surface area contributed by atoms with E-state index in [-0.39, 0.29) is 0 Å². The summed E-state index contributed by atoms with van der Waals surface area (Å²) in [5.74, 6) is 0.902. The molecule has 2 heteroatoms. The van der Waals surface area contributed by atoms with E-state index in [2.05, 4.69) is 18.2 Å². The number of hydrogen-bond donors (Lipinski definition) is 0. The van der Waals surface area contributed by atoms with Crippen molar-refractivity contribution in [2.24, 2.45) is 0 Å². The lowest BCUT2D eigenvalue weighted by Crippen LogP contribution is -1.92. The first-order valence-corrected chi connectivity index (χ1v) is 6.08. The lowest BCUT2D eigenvalue weighted by molar-refractivity contribution is 0.332. The highest BCUT2D eigenvalue weighted by Crippen LogP contribution is 2.34. The molecule has 0 fully saturated rings. The normalized spacial score (nSPS) is 10.1. The van der Waals surface area contributed by atoms with Gasteiger partial charge in [-0.25, -0.2) is 0 Å². The fraction of sp³-hybridized carbons (Fsp3) is 0.143. The van der Waals surface area contributed by atoms with Crippen LogP contribution in [-0.4, -0.2) is 6.61 Å². The largest absolute Gasteiger partial charge is 0.493 e. The van der Waals surface area contributed by atoms with Gasteiger partial charge in [-0.15, -0.1) is 0 Å². The van der Waals surface area contributed by atoms with Gasteiger partial charge < -0.3 is 4.74 Å². The molecule has 0 aliphatic rings. The topological polar surface area (TPSA) is 9.23 Å². The first-order chi connectivity index (χ1) is 7.90. The van der Waals surface area contributed by atoms with Crippen molar-refractivity contribution in [3.05, 3.63) is 54.6 Å². The van der Waals surface area contributed by atoms with Crippen LogP contribution < -0.4 is 4.74 Å². The summed E-state index contributed by atoms with van der Waals surface area (Å²) in [6.07, 6.45) is 0. The Balaban J connectivity index is 2.21. The van der Waals surface area contributed by atoms with Crippen LogP contribution in [0.15, 0.2) is 58.3 Å². The Morgan fingerprint density at radius 3 is 2.69 bits per heavy atom. The summed E-state index contributed by atoms with van der Waals surface area (Å²) in [6, 6.07) is 19.3. The third-order valence-corrected chi connectivity index (χ3v) is 3.08. The first-order valence-electron chi connectivity index (χ1n) is 5.26. The monoisotopic (exact) mass is 229 g/mol. The van der Waals surface area contributed by atoms with Gasteiger partial charge in [0, 0.05) is 11.0 Å². The molecule has 0 unspecified atom stereocenters. The SMILES string of the molecule is CCOc1ccc[c]c1Sc1ccccc1. The molecule has 0 saturated carbocycles. The summed E-state index contributed by atoms with van der Waals surface area (Å²) in [6.45, 7) is 2.67. The van der Waals surface area contributed by atoms with Gasteiger partial charge in [-0.1, -0.05) is 42.1 Å². The molecule has 1 nitrogen and oxygen atoms in total. The van der Waals surface area contributed by atoms with Crippen molar-refractivity contribution in [1.82, 2.24) is 0 Å². The molecule has 0 N–H and O–H groups in total. The molecule has 0 aliphatic carbocycles. The van der Waals surface area contributed by atoms with Crippen molar-refractivity contribution >= 4 is 11.8 Å². The zero-order valence-electron chi connectivity index (χ0n) is 9.14. The molecular weight excluding hydrogens is 216 g/mol. The molecule has 2 aromatic rings. The summed E-state index contributed by atoms with van der Waals surface area (Å²) >= 11 is 1.67. The van der Waals surface area contributed by atoms with Crippen LogP contribution in [0.5, 0.6) is 5.75 Å². The predicted octanol–water partition coefficient (Wildman–Crippen LogP) is 4.04. The molecule has 0 spiro atoms. The van der Waals surface area contributed by atoms with Crippen molar-refractivity contribution in [3.8, 4) is 5.75 Å². The quantitative estimate of drug-likeness (QED) is 0.782. The summed E-state index contributed by atoms with van der Waals surface area (Å²) in [5, 5.41) is 0. The zero-order chi connectivity index (χ0) is 11.2. The van der Waals surface area contributed by atoms with Gasteiger partial charge in [0.05, 0.1) is 11.5 Å². The van der Waals surface area contributed by atoms with E-state index in [1.54, 1.807) is 11.8 Å². The maximum Gasteiger partial charge on any atom is 0.133 e. The zero-order valence-corrected chi connectivity index (χ0v) is 9.96. The molecule has 81 valence electrons. The molecule has 0 amide bonds. The predicted molar refractivity (Wildman–Crippen MR) is 67.0 cm³/mol. The Morgan fingerprint density at radius 2 is 1.94 bits per heavy atom. The highest BCUT2D eigenvalue weighted by atomic mass is 32.2. The second-order valence-electron chi connectivity index (χ2n) is 3.21. The van der Waals surface area contributed by atoms with Crippen molar-refractivity contribution in [2.45, 2.75) is 16.7 Å². The fourth-order valence-electron chi connectivity index (χ4n) is 1.36. The van der Waals surface area contributed by atoms with Gasteiger partial charge in [0.25, 0.3) is 0 Å². The lowest BCUT2D eigenvalue weighted by atomic mass is 10.3. The maximum atomic E-state index is 5.56. The van der Waals surface area contributed by atoms with Crippen LogP contribution >= 0.6 is 11.8 Å². The van der Waals surface area contributed by atoms with E-state index in [9.17, 15) is 0 Å². The minimum Gasteiger partial charge on any atom is -0.493 e. The van der Waals surface area contributed by atoms with E-state index in [1.807, 2.05) is 43.3 Å². The number of benzene rings is 2. The molecule has 0 aliphatic heterocycles. The third kappa shape index (κ3) is 2.80. The molecule has 0 aromatic heterocycles. The second kappa shape index (κ2) is 5.61. The van der Waals surface area contributed by atoms with E-state index >= 15 is 0 Å². The van der Waals surface area contributed by atoms with Gasteiger partial charge in [-0.05, 0) is 25.1 Å². The molecule has 0 atom stereocenters. The Kier molecular flexibility index (Phi) is 3.89. The second-order valence-corrected chi connectivity index (χ2v) is 4.30. The van der Waals surface area contributed by atoms with E-state index in [0.717, 1.165) is 10.6 Å². The van der Waals surface area contributed by atoms with Crippen LogP contribution in [0.25, 0.3) is 0 Å². The first kappa shape index (κ1) is 11.1. The van der Waals surface area contributed by atoms with Crippen LogP contribution in [0.1, 0.15) is 6.92 Å².